The minimum atomic E-state index is 0.204. The van der Waals surface area contributed by atoms with E-state index >= 15 is 0 Å². The van der Waals surface area contributed by atoms with Crippen molar-refractivity contribution in [2.75, 3.05) is 28.5 Å². The largest absolute Gasteiger partial charge is 0.368 e. The molecule has 0 bridgehead atoms. The van der Waals surface area contributed by atoms with Gasteiger partial charge in [0, 0.05) is 12.1 Å². The highest BCUT2D eigenvalue weighted by atomic mass is 32.2. The number of thioether (sulfide) groups is 1. The van der Waals surface area contributed by atoms with Crippen molar-refractivity contribution in [2.45, 2.75) is 19.4 Å². The molecule has 1 heterocycles. The lowest BCUT2D eigenvalue weighted by atomic mass is 10.2. The van der Waals surface area contributed by atoms with Gasteiger partial charge < -0.3 is 16.5 Å². The second kappa shape index (κ2) is 6.39. The lowest BCUT2D eigenvalue weighted by molar-refractivity contribution is 0.766. The molecule has 0 aromatic carbocycles. The molecule has 1 atom stereocenters. The molecule has 90 valence electrons. The van der Waals surface area contributed by atoms with E-state index in [1.807, 2.05) is 11.8 Å². The van der Waals surface area contributed by atoms with Crippen molar-refractivity contribution in [2.24, 2.45) is 5.84 Å². The summed E-state index contributed by atoms with van der Waals surface area (Å²) in [6.45, 7) is 2.10. The number of nitrogens with two attached hydrogens (primary N) is 2. The van der Waals surface area contributed by atoms with Crippen molar-refractivity contribution in [3.63, 3.8) is 0 Å². The monoisotopic (exact) mass is 242 g/mol. The third-order valence-corrected chi connectivity index (χ3v) is 2.68. The molecule has 1 rings (SSSR count). The first kappa shape index (κ1) is 12.9. The molecular formula is C9H18N6S. The summed E-state index contributed by atoms with van der Waals surface area (Å²) in [4.78, 5) is 7.99. The summed E-state index contributed by atoms with van der Waals surface area (Å²) >= 11 is 1.82. The van der Waals surface area contributed by atoms with Crippen molar-refractivity contribution in [3.8, 4) is 0 Å². The third-order valence-electron chi connectivity index (χ3n) is 2.04. The number of hydrazine groups is 1. The van der Waals surface area contributed by atoms with Crippen LogP contribution in [0.1, 0.15) is 13.3 Å². The van der Waals surface area contributed by atoms with Crippen LogP contribution in [0.5, 0.6) is 0 Å². The van der Waals surface area contributed by atoms with Crippen LogP contribution in [0.25, 0.3) is 0 Å². The van der Waals surface area contributed by atoms with Gasteiger partial charge in [0.1, 0.15) is 11.6 Å². The topological polar surface area (TPSA) is 102 Å². The van der Waals surface area contributed by atoms with Gasteiger partial charge in [-0.2, -0.15) is 21.7 Å². The first-order valence-electron chi connectivity index (χ1n) is 5.02. The molecule has 0 saturated carbocycles. The predicted molar refractivity (Wildman–Crippen MR) is 70.3 cm³/mol. The smallest absolute Gasteiger partial charge is 0.223 e. The van der Waals surface area contributed by atoms with E-state index < -0.39 is 0 Å². The van der Waals surface area contributed by atoms with Crippen LogP contribution in [0.3, 0.4) is 0 Å². The zero-order chi connectivity index (χ0) is 12.0. The minimum Gasteiger partial charge on any atom is -0.368 e. The summed E-state index contributed by atoms with van der Waals surface area (Å²) in [5.41, 5.74) is 8.00. The zero-order valence-electron chi connectivity index (χ0n) is 9.53. The van der Waals surface area contributed by atoms with E-state index in [1.54, 1.807) is 6.07 Å². The average Bonchev–Trinajstić information content (AvgIpc) is 2.25. The van der Waals surface area contributed by atoms with Crippen LogP contribution in [0, 0.1) is 0 Å². The molecule has 7 heteroatoms. The van der Waals surface area contributed by atoms with Crippen molar-refractivity contribution >= 4 is 29.3 Å². The van der Waals surface area contributed by atoms with E-state index in [2.05, 4.69) is 33.9 Å². The summed E-state index contributed by atoms with van der Waals surface area (Å²) in [6, 6.07) is 2.07. The van der Waals surface area contributed by atoms with Gasteiger partial charge in [-0.25, -0.2) is 5.84 Å². The Labute approximate surface area is 99.6 Å². The maximum atomic E-state index is 5.55. The Morgan fingerprint density at radius 1 is 1.44 bits per heavy atom. The number of anilines is 3. The van der Waals surface area contributed by atoms with Gasteiger partial charge in [-0.15, -0.1) is 0 Å². The standard InChI is InChI=1S/C9H18N6S/c1-6(3-4-16-2)12-7-5-8(15-11)14-9(10)13-7/h5-6H,3-4,11H2,1-2H3,(H4,10,12,13,14,15). The van der Waals surface area contributed by atoms with Gasteiger partial charge in [0.25, 0.3) is 0 Å². The van der Waals surface area contributed by atoms with Gasteiger partial charge in [0.2, 0.25) is 5.95 Å². The molecule has 1 aromatic rings. The number of nitrogens with one attached hydrogen (secondary N) is 2. The Balaban J connectivity index is 2.61. The van der Waals surface area contributed by atoms with E-state index in [4.69, 9.17) is 11.6 Å². The van der Waals surface area contributed by atoms with Gasteiger partial charge in [0.05, 0.1) is 0 Å². The van der Waals surface area contributed by atoms with E-state index in [1.165, 1.54) is 0 Å². The molecule has 0 aliphatic rings. The summed E-state index contributed by atoms with van der Waals surface area (Å²) in [6.07, 6.45) is 3.16. The van der Waals surface area contributed by atoms with Gasteiger partial charge in [-0.3, -0.25) is 0 Å². The van der Waals surface area contributed by atoms with Crippen LogP contribution >= 0.6 is 11.8 Å². The summed E-state index contributed by atoms with van der Waals surface area (Å²) in [5.74, 6) is 7.78. The van der Waals surface area contributed by atoms with E-state index in [0.29, 0.717) is 17.7 Å². The van der Waals surface area contributed by atoms with Crippen LogP contribution in [0.15, 0.2) is 6.07 Å². The van der Waals surface area contributed by atoms with Crippen LogP contribution < -0.4 is 22.3 Å². The lowest BCUT2D eigenvalue weighted by Crippen LogP contribution is -2.18. The molecule has 1 aromatic heterocycles. The van der Waals surface area contributed by atoms with Crippen molar-refractivity contribution < 1.29 is 0 Å². The van der Waals surface area contributed by atoms with Crippen LogP contribution in [0.2, 0.25) is 0 Å². The van der Waals surface area contributed by atoms with Crippen molar-refractivity contribution in [1.82, 2.24) is 9.97 Å². The quantitative estimate of drug-likeness (QED) is 0.434. The number of aromatic nitrogens is 2. The van der Waals surface area contributed by atoms with E-state index in [-0.39, 0.29) is 5.95 Å². The Kier molecular flexibility index (Phi) is 5.13. The Hall–Kier alpha value is -1.21. The highest BCUT2D eigenvalue weighted by molar-refractivity contribution is 7.98. The Bertz CT molecular complexity index is 332. The fourth-order valence-corrected chi connectivity index (χ4v) is 1.82. The maximum absolute atomic E-state index is 5.55. The van der Waals surface area contributed by atoms with Gasteiger partial charge in [-0.1, -0.05) is 0 Å². The normalized spacial score (nSPS) is 12.2. The second-order valence-corrected chi connectivity index (χ2v) is 4.45. The number of rotatable bonds is 6. The molecule has 16 heavy (non-hydrogen) atoms. The molecular weight excluding hydrogens is 224 g/mol. The predicted octanol–water partition coefficient (Wildman–Crippen LogP) is 0.898. The number of nitrogen functional groups attached to an aromatic ring is 2. The SMILES string of the molecule is CSCCC(C)Nc1cc(NN)nc(N)n1. The molecule has 0 spiro atoms. The number of hydrogen-bond donors (Lipinski definition) is 4. The lowest BCUT2D eigenvalue weighted by Gasteiger charge is -2.14. The first-order chi connectivity index (χ1) is 7.65. The molecule has 0 aliphatic heterocycles. The molecule has 6 nitrogen and oxygen atoms in total. The average molecular weight is 242 g/mol. The molecule has 0 amide bonds. The Morgan fingerprint density at radius 3 is 2.75 bits per heavy atom. The van der Waals surface area contributed by atoms with Gasteiger partial charge >= 0.3 is 0 Å². The van der Waals surface area contributed by atoms with Crippen LogP contribution in [0.4, 0.5) is 17.6 Å². The van der Waals surface area contributed by atoms with Gasteiger partial charge in [0.15, 0.2) is 0 Å². The molecule has 6 N–H and O–H groups in total. The third kappa shape index (κ3) is 4.11. The fourth-order valence-electron chi connectivity index (χ4n) is 1.23. The van der Waals surface area contributed by atoms with Crippen LogP contribution in [-0.2, 0) is 0 Å². The zero-order valence-corrected chi connectivity index (χ0v) is 10.3. The molecule has 1 unspecified atom stereocenters. The summed E-state index contributed by atoms with van der Waals surface area (Å²) < 4.78 is 0. The number of nitrogens with zero attached hydrogens (tertiary/aromatic N) is 2. The minimum absolute atomic E-state index is 0.204. The summed E-state index contributed by atoms with van der Waals surface area (Å²) in [5, 5.41) is 3.25. The van der Waals surface area contributed by atoms with Crippen molar-refractivity contribution in [3.05, 3.63) is 6.07 Å². The highest BCUT2D eigenvalue weighted by Crippen LogP contribution is 2.13. The van der Waals surface area contributed by atoms with Crippen LogP contribution in [-0.4, -0.2) is 28.0 Å². The highest BCUT2D eigenvalue weighted by Gasteiger charge is 2.05. The maximum Gasteiger partial charge on any atom is 0.223 e. The van der Waals surface area contributed by atoms with Gasteiger partial charge in [-0.05, 0) is 25.4 Å². The van der Waals surface area contributed by atoms with E-state index in [0.717, 1.165) is 12.2 Å². The second-order valence-electron chi connectivity index (χ2n) is 3.47. The van der Waals surface area contributed by atoms with E-state index in [9.17, 15) is 0 Å². The molecule has 0 radical (unpaired) electrons. The molecule has 0 saturated heterocycles. The molecule has 0 fully saturated rings. The summed E-state index contributed by atoms with van der Waals surface area (Å²) in [7, 11) is 0. The van der Waals surface area contributed by atoms with Crippen molar-refractivity contribution in [1.29, 1.82) is 0 Å². The fraction of sp³-hybridized carbons (Fsp3) is 0.556. The number of hydrogen-bond acceptors (Lipinski definition) is 7. The first-order valence-corrected chi connectivity index (χ1v) is 6.41. The molecule has 0 aliphatic carbocycles. The Morgan fingerprint density at radius 2 is 2.12 bits per heavy atom.